The molecule has 3 fully saturated rings. The van der Waals surface area contributed by atoms with E-state index in [1.807, 2.05) is 6.07 Å². The Morgan fingerprint density at radius 1 is 1.30 bits per heavy atom. The van der Waals surface area contributed by atoms with E-state index in [0.29, 0.717) is 18.8 Å². The minimum Gasteiger partial charge on any atom is -0.504 e. The fourth-order valence-electron chi connectivity index (χ4n) is 6.78. The van der Waals surface area contributed by atoms with Gasteiger partial charge >= 0.3 is 5.97 Å². The first-order chi connectivity index (χ1) is 12.8. The van der Waals surface area contributed by atoms with Gasteiger partial charge in [-0.1, -0.05) is 6.07 Å². The number of carboxylic acids is 1. The lowest BCUT2D eigenvalue weighted by atomic mass is 9.56. The number of carbonyl (C=O) groups is 1. The molecule has 7 heteroatoms. The van der Waals surface area contributed by atoms with Gasteiger partial charge in [0.15, 0.2) is 17.6 Å². The smallest absolute Gasteiger partial charge is 0.339 e. The fourth-order valence-corrected chi connectivity index (χ4v) is 6.78. The summed E-state index contributed by atoms with van der Waals surface area (Å²) in [4.78, 5) is 13.4. The molecule has 0 amide bonds. The summed E-state index contributed by atoms with van der Waals surface area (Å²) >= 11 is 0. The number of nitrogens with one attached hydrogen (secondary N) is 1. The van der Waals surface area contributed by atoms with Gasteiger partial charge in [-0.15, -0.1) is 0 Å². The van der Waals surface area contributed by atoms with Crippen LogP contribution in [0, 0.1) is 5.92 Å². The predicted molar refractivity (Wildman–Crippen MR) is 91.9 cm³/mol. The van der Waals surface area contributed by atoms with Gasteiger partial charge < -0.3 is 30.1 Å². The number of rotatable bonds is 3. The first kappa shape index (κ1) is 16.2. The van der Waals surface area contributed by atoms with Crippen molar-refractivity contribution in [3.05, 3.63) is 23.3 Å². The maximum absolute atomic E-state index is 12.1. The lowest BCUT2D eigenvalue weighted by molar-refractivity contribution is -0.943. The Kier molecular flexibility index (Phi) is 2.75. The van der Waals surface area contributed by atoms with Crippen molar-refractivity contribution in [2.75, 3.05) is 13.1 Å². The molecule has 1 aromatic rings. The van der Waals surface area contributed by atoms with E-state index in [9.17, 15) is 25.2 Å². The van der Waals surface area contributed by atoms with Crippen LogP contribution in [0.2, 0.25) is 0 Å². The Labute approximate surface area is 156 Å². The van der Waals surface area contributed by atoms with E-state index < -0.39 is 28.7 Å². The maximum Gasteiger partial charge on any atom is 0.339 e. The van der Waals surface area contributed by atoms with Crippen molar-refractivity contribution in [1.29, 1.82) is 0 Å². The standard InChI is InChI=1S/C20H23NO6/c22-12-4-3-11-7-13-20(26)9-19(25,17(23)24)16-18(20,14(11)15(12)27-16)5-6-21(13)8-10-1-2-10/h3-4,10,13,16,22,25-26H,1-2,5-9H2,(H,23,24)/p+1. The minimum absolute atomic E-state index is 0.0566. The molecule has 2 saturated carbocycles. The van der Waals surface area contributed by atoms with Gasteiger partial charge in [0.2, 0.25) is 5.60 Å². The third-order valence-corrected chi connectivity index (χ3v) is 8.05. The molecule has 144 valence electrons. The van der Waals surface area contributed by atoms with Crippen LogP contribution in [0.3, 0.4) is 0 Å². The molecule has 6 unspecified atom stereocenters. The lowest BCUT2D eigenvalue weighted by Crippen LogP contribution is -3.21. The number of aromatic hydroxyl groups is 1. The highest BCUT2D eigenvalue weighted by Gasteiger charge is 2.83. The molecule has 2 aliphatic heterocycles. The van der Waals surface area contributed by atoms with Gasteiger partial charge in [0.25, 0.3) is 0 Å². The number of ether oxygens (including phenoxy) is 1. The zero-order valence-corrected chi connectivity index (χ0v) is 14.9. The molecular formula is C20H24NO6+. The Hall–Kier alpha value is -1.83. The van der Waals surface area contributed by atoms with E-state index >= 15 is 0 Å². The highest BCUT2D eigenvalue weighted by molar-refractivity contribution is 5.82. The average molecular weight is 374 g/mol. The van der Waals surface area contributed by atoms with Crippen LogP contribution >= 0.6 is 0 Å². The third kappa shape index (κ3) is 1.64. The van der Waals surface area contributed by atoms with Crippen molar-refractivity contribution < 1.29 is 34.9 Å². The minimum atomic E-state index is -2.17. The SMILES string of the molecule is O=C(O)C1(O)CC2(O)C3Cc4ccc(O)c5c4C2(CC[NH+]3CC2CC2)C1O5. The van der Waals surface area contributed by atoms with Crippen molar-refractivity contribution in [3.8, 4) is 11.5 Å². The fraction of sp³-hybridized carbons (Fsp3) is 0.650. The number of benzene rings is 1. The zero-order chi connectivity index (χ0) is 18.8. The third-order valence-electron chi connectivity index (χ3n) is 8.05. The summed E-state index contributed by atoms with van der Waals surface area (Å²) < 4.78 is 5.95. The largest absolute Gasteiger partial charge is 0.504 e. The second-order valence-corrected chi connectivity index (χ2v) is 9.31. The Morgan fingerprint density at radius 3 is 2.78 bits per heavy atom. The van der Waals surface area contributed by atoms with Crippen LogP contribution in [0.1, 0.15) is 36.8 Å². The quantitative estimate of drug-likeness (QED) is 0.462. The van der Waals surface area contributed by atoms with Crippen molar-refractivity contribution in [2.45, 2.75) is 60.9 Å². The number of aliphatic carboxylic acids is 1. The van der Waals surface area contributed by atoms with Gasteiger partial charge in [-0.2, -0.15) is 0 Å². The van der Waals surface area contributed by atoms with Crippen LogP contribution in [0.4, 0.5) is 0 Å². The van der Waals surface area contributed by atoms with Gasteiger partial charge in [-0.3, -0.25) is 0 Å². The molecule has 5 aliphatic rings. The van der Waals surface area contributed by atoms with E-state index in [1.165, 1.54) is 17.7 Å². The molecule has 5 N–H and O–H groups in total. The topological polar surface area (TPSA) is 112 Å². The number of quaternary nitrogens is 1. The van der Waals surface area contributed by atoms with E-state index in [4.69, 9.17) is 4.74 Å². The molecule has 6 rings (SSSR count). The van der Waals surface area contributed by atoms with Gasteiger partial charge in [0.1, 0.15) is 11.6 Å². The highest BCUT2D eigenvalue weighted by atomic mass is 16.5. The van der Waals surface area contributed by atoms with E-state index in [0.717, 1.165) is 24.2 Å². The van der Waals surface area contributed by atoms with Crippen molar-refractivity contribution in [1.82, 2.24) is 0 Å². The number of phenols is 1. The molecule has 27 heavy (non-hydrogen) atoms. The van der Waals surface area contributed by atoms with Gasteiger partial charge in [0.05, 0.1) is 18.5 Å². The molecule has 7 nitrogen and oxygen atoms in total. The molecular weight excluding hydrogens is 350 g/mol. The number of aliphatic hydroxyl groups is 2. The van der Waals surface area contributed by atoms with Crippen molar-refractivity contribution in [2.24, 2.45) is 5.92 Å². The van der Waals surface area contributed by atoms with Gasteiger partial charge in [-0.05, 0) is 24.5 Å². The van der Waals surface area contributed by atoms with Crippen LogP contribution in [0.25, 0.3) is 0 Å². The molecule has 2 heterocycles. The summed E-state index contributed by atoms with van der Waals surface area (Å²) in [7, 11) is 0. The Balaban J connectivity index is 1.60. The van der Waals surface area contributed by atoms with E-state index in [2.05, 4.69) is 0 Å². The van der Waals surface area contributed by atoms with Crippen LogP contribution < -0.4 is 9.64 Å². The second kappa shape index (κ2) is 4.59. The van der Waals surface area contributed by atoms with E-state index in [-0.39, 0.29) is 24.0 Å². The van der Waals surface area contributed by atoms with Crippen LogP contribution in [0.5, 0.6) is 11.5 Å². The van der Waals surface area contributed by atoms with Crippen molar-refractivity contribution in [3.63, 3.8) is 0 Å². The number of hydrogen-bond acceptors (Lipinski definition) is 5. The molecule has 1 aromatic carbocycles. The van der Waals surface area contributed by atoms with Crippen LogP contribution in [-0.2, 0) is 16.6 Å². The molecule has 0 aromatic heterocycles. The first-order valence-electron chi connectivity index (χ1n) is 9.86. The normalized spacial score (nSPS) is 46.1. The zero-order valence-electron chi connectivity index (χ0n) is 14.9. The summed E-state index contributed by atoms with van der Waals surface area (Å²) in [6.07, 6.45) is 2.28. The first-order valence-corrected chi connectivity index (χ1v) is 9.86. The summed E-state index contributed by atoms with van der Waals surface area (Å²) in [5, 5.41) is 43.3. The number of carboxylic acid groups (broad SMARTS) is 1. The summed E-state index contributed by atoms with van der Waals surface area (Å²) in [5.41, 5.74) is -2.77. The summed E-state index contributed by atoms with van der Waals surface area (Å²) in [5.74, 6) is -0.490. The van der Waals surface area contributed by atoms with Gasteiger partial charge in [0, 0.05) is 30.7 Å². The van der Waals surface area contributed by atoms with Crippen LogP contribution in [-0.4, -0.2) is 62.8 Å². The highest BCUT2D eigenvalue weighted by Crippen LogP contribution is 2.67. The molecule has 2 bridgehead atoms. The molecule has 0 radical (unpaired) electrons. The average Bonchev–Trinajstić information content (AvgIpc) is 3.29. The molecule has 6 atom stereocenters. The van der Waals surface area contributed by atoms with Gasteiger partial charge in [-0.25, -0.2) is 4.79 Å². The van der Waals surface area contributed by atoms with Crippen molar-refractivity contribution >= 4 is 5.97 Å². The predicted octanol–water partition coefficient (Wildman–Crippen LogP) is -1.04. The number of hydrogen-bond donors (Lipinski definition) is 5. The lowest BCUT2D eigenvalue weighted by Gasteiger charge is -2.55. The second-order valence-electron chi connectivity index (χ2n) is 9.31. The molecule has 1 spiro atoms. The van der Waals surface area contributed by atoms with Crippen LogP contribution in [0.15, 0.2) is 12.1 Å². The summed E-state index contributed by atoms with van der Waals surface area (Å²) in [6, 6.07) is 3.27. The van der Waals surface area contributed by atoms with E-state index in [1.54, 1.807) is 6.07 Å². The monoisotopic (exact) mass is 374 g/mol. The summed E-state index contributed by atoms with van der Waals surface area (Å²) in [6.45, 7) is 1.80. The molecule has 3 aliphatic carbocycles. The molecule has 1 saturated heterocycles. The number of phenolic OH excluding ortho intramolecular Hbond substituents is 1. The Bertz CT molecular complexity index is 883. The Morgan fingerprint density at radius 2 is 2.07 bits per heavy atom. The number of likely N-dealkylation sites (tertiary alicyclic amines) is 1. The maximum atomic E-state index is 12.1. The number of piperidine rings is 1.